The Bertz CT molecular complexity index is 474. The lowest BCUT2D eigenvalue weighted by molar-refractivity contribution is -0.385. The van der Waals surface area contributed by atoms with Crippen LogP contribution in [-0.2, 0) is 22.0 Å². The molecule has 98 valence electrons. The smallest absolute Gasteiger partial charge is 0.304 e. The number of aliphatic carboxylic acids is 1. The lowest BCUT2D eigenvalue weighted by Crippen LogP contribution is -2.10. The van der Waals surface area contributed by atoms with E-state index in [4.69, 9.17) is 5.11 Å². The van der Waals surface area contributed by atoms with Crippen LogP contribution in [0.1, 0.15) is 12.0 Å². The third kappa shape index (κ3) is 4.62. The highest BCUT2D eigenvalue weighted by atomic mass is 32.2. The van der Waals surface area contributed by atoms with Gasteiger partial charge < -0.3 is 5.11 Å². The van der Waals surface area contributed by atoms with Crippen molar-refractivity contribution in [2.24, 2.45) is 0 Å². The van der Waals surface area contributed by atoms with Crippen LogP contribution in [0.4, 0.5) is 5.69 Å². The van der Waals surface area contributed by atoms with Gasteiger partial charge in [-0.25, -0.2) is 0 Å². The van der Waals surface area contributed by atoms with Crippen LogP contribution in [0.5, 0.6) is 0 Å². The second-order valence-corrected chi connectivity index (χ2v) is 5.32. The molecule has 0 heterocycles. The van der Waals surface area contributed by atoms with E-state index in [0.29, 0.717) is 12.0 Å². The average molecular weight is 271 g/mol. The summed E-state index contributed by atoms with van der Waals surface area (Å²) in [6.45, 7) is 0. The predicted octanol–water partition coefficient (Wildman–Crippen LogP) is 1.36. The molecule has 1 aromatic carbocycles. The fraction of sp³-hybridized carbons (Fsp3) is 0.364. The van der Waals surface area contributed by atoms with Gasteiger partial charge in [0.1, 0.15) is 0 Å². The number of rotatable bonds is 7. The van der Waals surface area contributed by atoms with Crippen molar-refractivity contribution in [2.45, 2.75) is 12.8 Å². The van der Waals surface area contributed by atoms with Gasteiger partial charge in [-0.1, -0.05) is 18.2 Å². The number of hydrogen-bond acceptors (Lipinski definition) is 4. The molecule has 0 radical (unpaired) electrons. The minimum absolute atomic E-state index is 0.00716. The topological polar surface area (TPSA) is 97.5 Å². The number of para-hydroxylation sites is 1. The molecule has 0 bridgehead atoms. The van der Waals surface area contributed by atoms with E-state index in [0.717, 1.165) is 0 Å². The van der Waals surface area contributed by atoms with Crippen molar-refractivity contribution in [3.05, 3.63) is 39.9 Å². The summed E-state index contributed by atoms with van der Waals surface area (Å²) in [4.78, 5) is 20.6. The van der Waals surface area contributed by atoms with Crippen LogP contribution < -0.4 is 0 Å². The van der Waals surface area contributed by atoms with Crippen molar-refractivity contribution in [2.75, 3.05) is 11.5 Å². The fourth-order valence-corrected chi connectivity index (χ4v) is 2.48. The normalized spacial score (nSPS) is 12.0. The molecule has 0 aliphatic rings. The van der Waals surface area contributed by atoms with Gasteiger partial charge in [-0.3, -0.25) is 19.1 Å². The van der Waals surface area contributed by atoms with E-state index in [1.54, 1.807) is 18.2 Å². The second-order valence-electron chi connectivity index (χ2n) is 3.63. The highest BCUT2D eigenvalue weighted by Crippen LogP contribution is 2.18. The van der Waals surface area contributed by atoms with Gasteiger partial charge >= 0.3 is 5.97 Å². The summed E-state index contributed by atoms with van der Waals surface area (Å²) in [5.74, 6) is -0.678. The Balaban J connectivity index is 2.56. The number of carbonyl (C=O) groups is 1. The predicted molar refractivity (Wildman–Crippen MR) is 66.9 cm³/mol. The van der Waals surface area contributed by atoms with Crippen LogP contribution in [0.25, 0.3) is 0 Å². The molecule has 0 spiro atoms. The minimum atomic E-state index is -1.27. The lowest BCUT2D eigenvalue weighted by Gasteiger charge is -2.02. The molecular weight excluding hydrogens is 258 g/mol. The van der Waals surface area contributed by atoms with Crippen molar-refractivity contribution in [1.82, 2.24) is 0 Å². The summed E-state index contributed by atoms with van der Waals surface area (Å²) >= 11 is 0. The fourth-order valence-electron chi connectivity index (χ4n) is 1.43. The number of aryl methyl sites for hydroxylation is 1. The molecule has 1 aromatic rings. The first-order valence-electron chi connectivity index (χ1n) is 5.29. The number of benzene rings is 1. The molecule has 0 aromatic heterocycles. The summed E-state index contributed by atoms with van der Waals surface area (Å²) < 4.78 is 11.5. The van der Waals surface area contributed by atoms with E-state index >= 15 is 0 Å². The maximum absolute atomic E-state index is 11.5. The van der Waals surface area contributed by atoms with Crippen LogP contribution in [0.2, 0.25) is 0 Å². The Morgan fingerprint density at radius 1 is 1.33 bits per heavy atom. The number of carboxylic acid groups (broad SMARTS) is 1. The Kier molecular flexibility index (Phi) is 5.44. The number of nitro groups is 1. The number of hydrogen-bond donors (Lipinski definition) is 1. The zero-order chi connectivity index (χ0) is 13.5. The first-order valence-corrected chi connectivity index (χ1v) is 6.78. The van der Waals surface area contributed by atoms with E-state index in [2.05, 4.69) is 0 Å². The molecule has 0 amide bonds. The molecule has 1 N–H and O–H groups in total. The second kappa shape index (κ2) is 6.85. The zero-order valence-corrected chi connectivity index (χ0v) is 10.4. The molecule has 1 rings (SSSR count). The van der Waals surface area contributed by atoms with E-state index in [1.165, 1.54) is 6.07 Å². The van der Waals surface area contributed by atoms with Gasteiger partial charge in [0, 0.05) is 33.9 Å². The Hall–Kier alpha value is -1.76. The zero-order valence-electron chi connectivity index (χ0n) is 9.57. The van der Waals surface area contributed by atoms with Gasteiger partial charge in [0.15, 0.2) is 0 Å². The maximum atomic E-state index is 11.5. The van der Waals surface area contributed by atoms with Crippen molar-refractivity contribution >= 4 is 22.5 Å². The molecule has 0 saturated carbocycles. The SMILES string of the molecule is O=C(O)CCS(=O)CCc1ccccc1[N+](=O)[O-]. The first-order chi connectivity index (χ1) is 8.50. The third-order valence-electron chi connectivity index (χ3n) is 2.33. The summed E-state index contributed by atoms with van der Waals surface area (Å²) in [6, 6.07) is 6.27. The van der Waals surface area contributed by atoms with Crippen LogP contribution in [-0.4, -0.2) is 31.7 Å². The Labute approximate surface area is 106 Å². The van der Waals surface area contributed by atoms with E-state index in [1.807, 2.05) is 0 Å². The maximum Gasteiger partial charge on any atom is 0.304 e. The van der Waals surface area contributed by atoms with Gasteiger partial charge in [-0.2, -0.15) is 0 Å². The molecular formula is C11H13NO5S. The molecule has 7 heteroatoms. The van der Waals surface area contributed by atoms with Crippen molar-refractivity contribution < 1.29 is 19.0 Å². The van der Waals surface area contributed by atoms with Crippen LogP contribution in [0.3, 0.4) is 0 Å². The highest BCUT2D eigenvalue weighted by Gasteiger charge is 2.13. The highest BCUT2D eigenvalue weighted by molar-refractivity contribution is 7.84. The number of nitro benzene ring substituents is 1. The van der Waals surface area contributed by atoms with Crippen LogP contribution in [0.15, 0.2) is 24.3 Å². The number of carboxylic acids is 1. The van der Waals surface area contributed by atoms with Gasteiger partial charge in [0.05, 0.1) is 11.3 Å². The molecule has 1 unspecified atom stereocenters. The van der Waals surface area contributed by atoms with Crippen molar-refractivity contribution in [3.8, 4) is 0 Å². The standard InChI is InChI=1S/C11H13NO5S/c13-11(14)6-8-18(17)7-5-9-3-1-2-4-10(9)12(15)16/h1-4H,5-8H2,(H,13,14). The van der Waals surface area contributed by atoms with Gasteiger partial charge in [0.2, 0.25) is 0 Å². The quantitative estimate of drug-likeness (QED) is 0.596. The largest absolute Gasteiger partial charge is 0.481 e. The van der Waals surface area contributed by atoms with Crippen LogP contribution >= 0.6 is 0 Å². The van der Waals surface area contributed by atoms with Crippen LogP contribution in [0, 0.1) is 10.1 Å². The molecule has 6 nitrogen and oxygen atoms in total. The summed E-state index contributed by atoms with van der Waals surface area (Å²) in [6.07, 6.45) is 0.160. The summed E-state index contributed by atoms with van der Waals surface area (Å²) in [5.41, 5.74) is 0.527. The first kappa shape index (κ1) is 14.3. The lowest BCUT2D eigenvalue weighted by atomic mass is 10.1. The van der Waals surface area contributed by atoms with E-state index in [-0.39, 0.29) is 23.6 Å². The molecule has 1 atom stereocenters. The van der Waals surface area contributed by atoms with Gasteiger partial charge in [-0.05, 0) is 6.42 Å². The molecule has 0 fully saturated rings. The molecule has 18 heavy (non-hydrogen) atoms. The van der Waals surface area contributed by atoms with E-state index in [9.17, 15) is 19.1 Å². The van der Waals surface area contributed by atoms with Gasteiger partial charge in [-0.15, -0.1) is 0 Å². The number of nitrogens with zero attached hydrogens (tertiary/aromatic N) is 1. The molecule has 0 aliphatic carbocycles. The summed E-state index contributed by atoms with van der Waals surface area (Å²) in [5, 5.41) is 19.2. The summed E-state index contributed by atoms with van der Waals surface area (Å²) in [7, 11) is -1.27. The third-order valence-corrected chi connectivity index (χ3v) is 3.65. The van der Waals surface area contributed by atoms with Gasteiger partial charge in [0.25, 0.3) is 5.69 Å². The van der Waals surface area contributed by atoms with Crippen molar-refractivity contribution in [1.29, 1.82) is 0 Å². The van der Waals surface area contributed by atoms with Crippen molar-refractivity contribution in [3.63, 3.8) is 0 Å². The average Bonchev–Trinajstić information content (AvgIpc) is 2.34. The Morgan fingerprint density at radius 2 is 2.00 bits per heavy atom. The Morgan fingerprint density at radius 3 is 2.61 bits per heavy atom. The molecule has 0 aliphatic heterocycles. The minimum Gasteiger partial charge on any atom is -0.481 e. The van der Waals surface area contributed by atoms with E-state index < -0.39 is 21.7 Å². The molecule has 0 saturated heterocycles. The monoisotopic (exact) mass is 271 g/mol.